The lowest BCUT2D eigenvalue weighted by molar-refractivity contribution is -0.889. The summed E-state index contributed by atoms with van der Waals surface area (Å²) >= 11 is 5.82. The number of carbonyl (C=O) groups excluding carboxylic acids is 2. The highest BCUT2D eigenvalue weighted by Crippen LogP contribution is 2.17. The number of nitrogens with zero attached hydrogens (tertiary/aromatic N) is 3. The summed E-state index contributed by atoms with van der Waals surface area (Å²) in [6, 6.07) is 8.24. The predicted molar refractivity (Wildman–Crippen MR) is 127 cm³/mol. The van der Waals surface area contributed by atoms with Crippen molar-refractivity contribution in [1.29, 1.82) is 0 Å². The van der Waals surface area contributed by atoms with E-state index in [1.165, 1.54) is 11.1 Å². The zero-order chi connectivity index (χ0) is 23.7. The van der Waals surface area contributed by atoms with Gasteiger partial charge in [0.2, 0.25) is 5.91 Å². The molecule has 2 rings (SSSR count). The van der Waals surface area contributed by atoms with Crippen LogP contribution in [-0.2, 0) is 11.2 Å². The Labute approximate surface area is 194 Å². The van der Waals surface area contributed by atoms with Crippen LogP contribution in [-0.4, -0.2) is 66.5 Å². The first-order chi connectivity index (χ1) is 15.1. The van der Waals surface area contributed by atoms with Gasteiger partial charge in [-0.15, -0.1) is 0 Å². The lowest BCUT2D eigenvalue weighted by atomic mass is 10.1. The van der Waals surface area contributed by atoms with Crippen molar-refractivity contribution < 1.29 is 14.1 Å². The monoisotopic (exact) mass is 462 g/mol. The number of quaternary nitrogens is 1. The highest BCUT2D eigenvalue weighted by Gasteiger charge is 2.18. The number of likely N-dealkylation sites (N-methyl/N-ethyl adjacent to an activating group) is 1. The van der Waals surface area contributed by atoms with Crippen LogP contribution < -0.4 is 22.1 Å². The van der Waals surface area contributed by atoms with Gasteiger partial charge in [-0.25, -0.2) is 9.97 Å². The lowest BCUT2D eigenvalue weighted by Crippen LogP contribution is -2.46. The fourth-order valence-corrected chi connectivity index (χ4v) is 3.24. The molecule has 0 saturated heterocycles. The molecule has 6 N–H and O–H groups in total. The Hall–Kier alpha value is -2.91. The highest BCUT2D eigenvalue weighted by atomic mass is 35.5. The zero-order valence-corrected chi connectivity index (χ0v) is 19.7. The maximum absolute atomic E-state index is 12.3. The van der Waals surface area contributed by atoms with Crippen LogP contribution in [0.15, 0.2) is 24.3 Å². The van der Waals surface area contributed by atoms with E-state index in [0.717, 1.165) is 19.4 Å². The molecule has 2 aromatic rings. The molecule has 9 nitrogen and oxygen atoms in total. The number of hydrogen-bond acceptors (Lipinski definition) is 6. The van der Waals surface area contributed by atoms with E-state index in [4.69, 9.17) is 23.1 Å². The summed E-state index contributed by atoms with van der Waals surface area (Å²) in [5, 5.41) is 5.70. The van der Waals surface area contributed by atoms with E-state index in [9.17, 15) is 9.59 Å². The molecule has 0 spiro atoms. The third-order valence-electron chi connectivity index (χ3n) is 5.15. The fourth-order valence-electron chi connectivity index (χ4n) is 3.11. The molecule has 10 heteroatoms. The van der Waals surface area contributed by atoms with Gasteiger partial charge in [-0.05, 0) is 18.9 Å². The number of nitrogens with two attached hydrogens (primary N) is 2. The second kappa shape index (κ2) is 11.6. The van der Waals surface area contributed by atoms with Crippen LogP contribution in [0.3, 0.4) is 0 Å². The molecule has 0 unspecified atom stereocenters. The standard InChI is InChI=1S/C22H32ClN7O2/c1-15-5-7-16(8-6-15)9-10-17(31)26-11-4-13-30(2,3)14-12-27-22(32)18-20(24)29-21(25)19(23)28-18/h5-8H,4,9-14H2,1-3H3,(H5-,24,25,26,27,29,31,32)/p+1. The van der Waals surface area contributed by atoms with Crippen molar-refractivity contribution in [2.24, 2.45) is 0 Å². The van der Waals surface area contributed by atoms with Crippen LogP contribution >= 0.6 is 11.6 Å². The Morgan fingerprint density at radius 3 is 2.38 bits per heavy atom. The number of benzene rings is 1. The van der Waals surface area contributed by atoms with Crippen LogP contribution in [0.5, 0.6) is 0 Å². The van der Waals surface area contributed by atoms with E-state index < -0.39 is 5.91 Å². The van der Waals surface area contributed by atoms with E-state index in [1.54, 1.807) is 0 Å². The normalized spacial score (nSPS) is 11.2. The first-order valence-electron chi connectivity index (χ1n) is 10.6. The molecule has 0 aliphatic heterocycles. The Morgan fingerprint density at radius 1 is 1.00 bits per heavy atom. The van der Waals surface area contributed by atoms with E-state index in [1.807, 2.05) is 6.92 Å². The summed E-state index contributed by atoms with van der Waals surface area (Å²) < 4.78 is 0.684. The van der Waals surface area contributed by atoms with E-state index in [0.29, 0.717) is 30.5 Å². The minimum Gasteiger partial charge on any atom is -0.382 e. The average molecular weight is 463 g/mol. The van der Waals surface area contributed by atoms with Gasteiger partial charge in [0, 0.05) is 19.4 Å². The maximum atomic E-state index is 12.3. The third-order valence-corrected chi connectivity index (χ3v) is 5.42. The van der Waals surface area contributed by atoms with Gasteiger partial charge < -0.3 is 26.6 Å². The molecule has 1 aromatic heterocycles. The maximum Gasteiger partial charge on any atom is 0.273 e. The quantitative estimate of drug-likeness (QED) is 0.295. The summed E-state index contributed by atoms with van der Waals surface area (Å²) in [5.74, 6) is -0.459. The van der Waals surface area contributed by atoms with Crippen molar-refractivity contribution in [3.63, 3.8) is 0 Å². The SMILES string of the molecule is Cc1ccc(CCC(=O)NCCC[N+](C)(C)CCNC(=O)c2nc(Cl)c(N)nc2N)cc1. The zero-order valence-electron chi connectivity index (χ0n) is 18.9. The molecule has 0 saturated carbocycles. The minimum absolute atomic E-state index is 0.0132. The van der Waals surface area contributed by atoms with Gasteiger partial charge in [-0.2, -0.15) is 0 Å². The van der Waals surface area contributed by atoms with Crippen molar-refractivity contribution >= 4 is 35.1 Å². The molecule has 0 atom stereocenters. The summed E-state index contributed by atoms with van der Waals surface area (Å²) in [6.07, 6.45) is 2.05. The summed E-state index contributed by atoms with van der Waals surface area (Å²) in [6.45, 7) is 4.65. The van der Waals surface area contributed by atoms with Gasteiger partial charge in [0.25, 0.3) is 5.91 Å². The Bertz CT molecular complexity index is 933. The minimum atomic E-state index is -0.447. The molecule has 2 amide bonds. The first-order valence-corrected chi connectivity index (χ1v) is 11.0. The fraction of sp³-hybridized carbons (Fsp3) is 0.455. The van der Waals surface area contributed by atoms with Gasteiger partial charge in [0.15, 0.2) is 22.5 Å². The molecule has 174 valence electrons. The van der Waals surface area contributed by atoms with Crippen molar-refractivity contribution in [1.82, 2.24) is 20.6 Å². The Morgan fingerprint density at radius 2 is 1.69 bits per heavy atom. The number of amides is 2. The smallest absolute Gasteiger partial charge is 0.273 e. The third kappa shape index (κ3) is 8.32. The Balaban J connectivity index is 1.64. The number of nitrogen functional groups attached to an aromatic ring is 2. The van der Waals surface area contributed by atoms with Crippen LogP contribution in [0, 0.1) is 6.92 Å². The summed E-state index contributed by atoms with van der Waals surface area (Å²) in [5.41, 5.74) is 13.6. The van der Waals surface area contributed by atoms with Crippen LogP contribution in [0.2, 0.25) is 5.15 Å². The van der Waals surface area contributed by atoms with Gasteiger partial charge in [-0.1, -0.05) is 41.4 Å². The largest absolute Gasteiger partial charge is 0.382 e. The van der Waals surface area contributed by atoms with Gasteiger partial charge in [-0.3, -0.25) is 9.59 Å². The molecule has 0 radical (unpaired) electrons. The molecular weight excluding hydrogens is 430 g/mol. The second-order valence-corrected chi connectivity index (χ2v) is 8.82. The predicted octanol–water partition coefficient (Wildman–Crippen LogP) is 1.55. The topological polar surface area (TPSA) is 136 Å². The number of rotatable bonds is 11. The molecule has 0 bridgehead atoms. The number of halogens is 1. The molecule has 1 aromatic carbocycles. The number of hydrogen-bond donors (Lipinski definition) is 4. The number of nitrogens with one attached hydrogen (secondary N) is 2. The van der Waals surface area contributed by atoms with Crippen molar-refractivity contribution in [3.05, 3.63) is 46.2 Å². The lowest BCUT2D eigenvalue weighted by Gasteiger charge is -2.30. The van der Waals surface area contributed by atoms with Gasteiger partial charge in [0.05, 0.1) is 33.7 Å². The van der Waals surface area contributed by atoms with Crippen LogP contribution in [0.4, 0.5) is 11.6 Å². The summed E-state index contributed by atoms with van der Waals surface area (Å²) in [7, 11) is 4.14. The van der Waals surface area contributed by atoms with Crippen LogP contribution in [0.25, 0.3) is 0 Å². The first kappa shape index (κ1) is 25.4. The van der Waals surface area contributed by atoms with E-state index in [2.05, 4.69) is 59.0 Å². The van der Waals surface area contributed by atoms with Crippen molar-refractivity contribution in [2.75, 3.05) is 51.7 Å². The highest BCUT2D eigenvalue weighted by molar-refractivity contribution is 6.31. The average Bonchev–Trinajstić information content (AvgIpc) is 2.73. The molecule has 0 aliphatic rings. The number of aromatic nitrogens is 2. The molecular formula is C22H33ClN7O2+. The Kier molecular flexibility index (Phi) is 9.22. The van der Waals surface area contributed by atoms with Gasteiger partial charge >= 0.3 is 0 Å². The molecule has 0 aliphatic carbocycles. The number of aryl methyl sites for hydroxylation is 2. The molecule has 0 fully saturated rings. The number of anilines is 2. The molecule has 1 heterocycles. The number of carbonyl (C=O) groups is 2. The van der Waals surface area contributed by atoms with E-state index in [-0.39, 0.29) is 28.4 Å². The van der Waals surface area contributed by atoms with Crippen LogP contribution in [0.1, 0.15) is 34.5 Å². The van der Waals surface area contributed by atoms with E-state index >= 15 is 0 Å². The summed E-state index contributed by atoms with van der Waals surface area (Å²) in [4.78, 5) is 32.1. The van der Waals surface area contributed by atoms with Gasteiger partial charge in [0.1, 0.15) is 0 Å². The second-order valence-electron chi connectivity index (χ2n) is 8.46. The molecule has 32 heavy (non-hydrogen) atoms. The van der Waals surface area contributed by atoms with Crippen molar-refractivity contribution in [2.45, 2.75) is 26.2 Å². The van der Waals surface area contributed by atoms with Crippen molar-refractivity contribution in [3.8, 4) is 0 Å².